The van der Waals surface area contributed by atoms with Crippen molar-refractivity contribution in [3.8, 4) is 0 Å². The zero-order valence-corrected chi connectivity index (χ0v) is 19.3. The van der Waals surface area contributed by atoms with Gasteiger partial charge < -0.3 is 10.2 Å². The third-order valence-electron chi connectivity index (χ3n) is 5.23. The fourth-order valence-electron chi connectivity index (χ4n) is 3.55. The number of amides is 1. The van der Waals surface area contributed by atoms with Gasteiger partial charge in [0.15, 0.2) is 0 Å². The Hall–Kier alpha value is -3.03. The molecule has 0 spiro atoms. The number of alkyl halides is 3. The predicted octanol–water partition coefficient (Wildman–Crippen LogP) is 3.46. The maximum absolute atomic E-state index is 13.3. The molecule has 1 aliphatic heterocycles. The van der Waals surface area contributed by atoms with Crippen molar-refractivity contribution in [3.63, 3.8) is 0 Å². The zero-order valence-electron chi connectivity index (χ0n) is 17.7. The molecule has 1 amide bonds. The van der Waals surface area contributed by atoms with Crippen LogP contribution in [0.25, 0.3) is 0 Å². The van der Waals surface area contributed by atoms with E-state index < -0.39 is 27.7 Å². The number of carbonyl (C=O) groups is 1. The largest absolute Gasteiger partial charge is 0.416 e. The van der Waals surface area contributed by atoms with Crippen molar-refractivity contribution in [3.05, 3.63) is 70.4 Å². The number of hydrogen-bond donors (Lipinski definition) is 1. The quantitative estimate of drug-likeness (QED) is 0.545. The molecule has 8 nitrogen and oxygen atoms in total. The van der Waals surface area contributed by atoms with Crippen LogP contribution in [-0.4, -0.2) is 54.8 Å². The number of hydrogen-bond acceptors (Lipinski definition) is 7. The van der Waals surface area contributed by atoms with E-state index >= 15 is 0 Å². The second-order valence-electron chi connectivity index (χ2n) is 7.47. The molecule has 0 atom stereocenters. The smallest absolute Gasteiger partial charge is 0.367 e. The molecule has 2 aromatic heterocycles. The summed E-state index contributed by atoms with van der Waals surface area (Å²) in [5, 5.41) is 4.72. The van der Waals surface area contributed by atoms with Crippen LogP contribution < -0.4 is 10.2 Å². The maximum atomic E-state index is 13.3. The van der Waals surface area contributed by atoms with Gasteiger partial charge in [0, 0.05) is 44.0 Å². The van der Waals surface area contributed by atoms with Crippen molar-refractivity contribution in [1.29, 1.82) is 0 Å². The van der Waals surface area contributed by atoms with E-state index in [1.54, 1.807) is 28.6 Å². The van der Waals surface area contributed by atoms with E-state index in [1.165, 1.54) is 34.0 Å². The average molecular weight is 512 g/mol. The van der Waals surface area contributed by atoms with Gasteiger partial charge in [0.1, 0.15) is 16.5 Å². The van der Waals surface area contributed by atoms with Crippen LogP contribution in [0, 0.1) is 0 Å². The number of benzene rings is 1. The highest BCUT2D eigenvalue weighted by Crippen LogP contribution is 2.36. The van der Waals surface area contributed by atoms with Crippen LogP contribution in [0.1, 0.15) is 21.1 Å². The molecule has 0 saturated carbocycles. The van der Waals surface area contributed by atoms with Gasteiger partial charge in [0.25, 0.3) is 5.91 Å². The summed E-state index contributed by atoms with van der Waals surface area (Å²) in [6, 6.07) is 7.78. The number of nitrogens with zero attached hydrogens (tertiary/aromatic N) is 4. The second kappa shape index (κ2) is 9.68. The maximum Gasteiger partial charge on any atom is 0.416 e. The van der Waals surface area contributed by atoms with Crippen molar-refractivity contribution in [2.45, 2.75) is 11.9 Å². The molecule has 0 radical (unpaired) electrons. The minimum atomic E-state index is -4.59. The first-order valence-corrected chi connectivity index (χ1v) is 12.7. The van der Waals surface area contributed by atoms with Crippen LogP contribution in [0.15, 0.2) is 54.2 Å². The summed E-state index contributed by atoms with van der Waals surface area (Å²) in [5.41, 5.74) is -0.500. The Bertz CT molecular complexity index is 1240. The van der Waals surface area contributed by atoms with Crippen LogP contribution in [0.2, 0.25) is 0 Å². The molecule has 3 heterocycles. The molecule has 13 heteroatoms. The number of nitrogens with one attached hydrogen (secondary N) is 1. The van der Waals surface area contributed by atoms with Crippen LogP contribution in [0.3, 0.4) is 0 Å². The first-order chi connectivity index (χ1) is 16.1. The monoisotopic (exact) mass is 511 g/mol. The normalized spacial score (nSPS) is 15.3. The highest BCUT2D eigenvalue weighted by atomic mass is 32.2. The molecule has 1 saturated heterocycles. The minimum Gasteiger partial charge on any atom is -0.367 e. The molecule has 0 aliphatic carbocycles. The topological polar surface area (TPSA) is 95.5 Å². The molecule has 1 fully saturated rings. The first-order valence-electron chi connectivity index (χ1n) is 10.2. The van der Waals surface area contributed by atoms with Gasteiger partial charge in [0.05, 0.1) is 16.9 Å². The number of rotatable bonds is 6. The van der Waals surface area contributed by atoms with Gasteiger partial charge in [-0.3, -0.25) is 9.78 Å². The summed E-state index contributed by atoms with van der Waals surface area (Å²) in [4.78, 5) is 22.3. The molecular formula is C21H20F3N5O3S2. The lowest BCUT2D eigenvalue weighted by Gasteiger charge is -2.36. The van der Waals surface area contributed by atoms with Crippen molar-refractivity contribution in [1.82, 2.24) is 14.3 Å². The van der Waals surface area contributed by atoms with Crippen LogP contribution in [0.5, 0.6) is 0 Å². The van der Waals surface area contributed by atoms with Crippen molar-refractivity contribution in [2.75, 3.05) is 36.4 Å². The molecule has 0 bridgehead atoms. The SMILES string of the molecule is O=C(Nc1cc(C(F)(F)F)ccc1N1CCN(S(=O)(=O)Cc2nccs2)CC1)c1ccccn1. The molecular weight excluding hydrogens is 491 g/mol. The Morgan fingerprint density at radius 2 is 1.82 bits per heavy atom. The number of piperazine rings is 1. The Morgan fingerprint density at radius 3 is 2.44 bits per heavy atom. The molecule has 4 rings (SSSR count). The number of anilines is 2. The van der Waals surface area contributed by atoms with Crippen LogP contribution in [-0.2, 0) is 22.0 Å². The summed E-state index contributed by atoms with van der Waals surface area (Å²) in [5.74, 6) is -0.845. The second-order valence-corrected chi connectivity index (χ2v) is 10.4. The average Bonchev–Trinajstić information content (AvgIpc) is 3.31. The molecule has 180 valence electrons. The number of sulfonamides is 1. The Morgan fingerprint density at radius 1 is 1.06 bits per heavy atom. The number of carbonyl (C=O) groups excluding carboxylic acids is 1. The summed E-state index contributed by atoms with van der Waals surface area (Å²) in [6.07, 6.45) is -1.64. The summed E-state index contributed by atoms with van der Waals surface area (Å²) >= 11 is 1.26. The van der Waals surface area contributed by atoms with Crippen molar-refractivity contribution < 1.29 is 26.4 Å². The highest BCUT2D eigenvalue weighted by Gasteiger charge is 2.33. The standard InChI is InChI=1S/C21H20F3N5O3S2/c22-21(23,24)15-4-5-18(17(13-15)27-20(30)16-3-1-2-6-25-16)28-8-10-29(11-9-28)34(31,32)14-19-26-7-12-33-19/h1-7,12-13H,8-11,14H2,(H,27,30). The molecule has 3 aromatic rings. The number of thiazole rings is 1. The van der Waals surface area contributed by atoms with Crippen LogP contribution >= 0.6 is 11.3 Å². The van der Waals surface area contributed by atoms with E-state index in [1.807, 2.05) is 0 Å². The Labute approximate surface area is 198 Å². The number of pyridine rings is 1. The Balaban J connectivity index is 1.53. The van der Waals surface area contributed by atoms with E-state index in [9.17, 15) is 26.4 Å². The van der Waals surface area contributed by atoms with Gasteiger partial charge >= 0.3 is 6.18 Å². The molecule has 0 unspecified atom stereocenters. The van der Waals surface area contributed by atoms with Crippen LogP contribution in [0.4, 0.5) is 24.5 Å². The lowest BCUT2D eigenvalue weighted by molar-refractivity contribution is -0.137. The highest BCUT2D eigenvalue weighted by molar-refractivity contribution is 7.88. The van der Waals surface area contributed by atoms with Gasteiger partial charge in [-0.05, 0) is 30.3 Å². The number of halogens is 3. The van der Waals surface area contributed by atoms with E-state index in [-0.39, 0.29) is 43.3 Å². The van der Waals surface area contributed by atoms with Gasteiger partial charge in [-0.1, -0.05) is 6.07 Å². The van der Waals surface area contributed by atoms with Crippen molar-refractivity contribution in [2.24, 2.45) is 0 Å². The summed E-state index contributed by atoms with van der Waals surface area (Å²) < 4.78 is 66.7. The number of aromatic nitrogens is 2. The minimum absolute atomic E-state index is 0.0235. The fourth-order valence-corrected chi connectivity index (χ4v) is 5.96. The Kier molecular flexibility index (Phi) is 6.86. The lowest BCUT2D eigenvalue weighted by atomic mass is 10.1. The first kappa shape index (κ1) is 24.1. The fraction of sp³-hybridized carbons (Fsp3) is 0.286. The van der Waals surface area contributed by atoms with E-state index in [2.05, 4.69) is 15.3 Å². The summed E-state index contributed by atoms with van der Waals surface area (Å²) in [6.45, 7) is 0.800. The van der Waals surface area contributed by atoms with Gasteiger partial charge in [-0.15, -0.1) is 11.3 Å². The van der Waals surface area contributed by atoms with Gasteiger partial charge in [0.2, 0.25) is 10.0 Å². The zero-order chi connectivity index (χ0) is 24.3. The van der Waals surface area contributed by atoms with E-state index in [0.717, 1.165) is 12.1 Å². The van der Waals surface area contributed by atoms with E-state index in [4.69, 9.17) is 0 Å². The molecule has 1 aliphatic rings. The third kappa shape index (κ3) is 5.54. The van der Waals surface area contributed by atoms with Gasteiger partial charge in [-0.25, -0.2) is 13.4 Å². The molecule has 1 aromatic carbocycles. The summed E-state index contributed by atoms with van der Waals surface area (Å²) in [7, 11) is -3.58. The lowest BCUT2D eigenvalue weighted by Crippen LogP contribution is -2.49. The predicted molar refractivity (Wildman–Crippen MR) is 122 cm³/mol. The van der Waals surface area contributed by atoms with Crippen molar-refractivity contribution >= 4 is 38.6 Å². The van der Waals surface area contributed by atoms with Gasteiger partial charge in [-0.2, -0.15) is 17.5 Å². The molecule has 1 N–H and O–H groups in total. The third-order valence-corrected chi connectivity index (χ3v) is 7.98. The van der Waals surface area contributed by atoms with E-state index in [0.29, 0.717) is 10.7 Å². The molecule has 34 heavy (non-hydrogen) atoms.